The number of nitrogens with zero attached hydrogens (tertiary/aromatic N) is 3. The summed E-state index contributed by atoms with van der Waals surface area (Å²) in [4.78, 5) is 21.0. The molecule has 4 atom stereocenters. The summed E-state index contributed by atoms with van der Waals surface area (Å²) in [5, 5.41) is 3.19. The molecule has 3 N–H and O–H groups in total. The van der Waals surface area contributed by atoms with Gasteiger partial charge >= 0.3 is 6.03 Å². The Morgan fingerprint density at radius 2 is 2.28 bits per heavy atom. The molecular weight excluding hydrogens is 316 g/mol. The summed E-state index contributed by atoms with van der Waals surface area (Å²) in [6, 6.07) is 5.38. The number of fused-ring (bicyclic) bond motifs is 1. The largest absolute Gasteiger partial charge is 0.332 e. The van der Waals surface area contributed by atoms with E-state index < -0.39 is 0 Å². The third-order valence-electron chi connectivity index (χ3n) is 5.75. The van der Waals surface area contributed by atoms with Gasteiger partial charge in [-0.3, -0.25) is 10.4 Å². The second-order valence-electron chi connectivity index (χ2n) is 7.72. The molecule has 3 aliphatic rings. The predicted octanol–water partition coefficient (Wildman–Crippen LogP) is 0.723. The molecule has 3 aliphatic heterocycles. The maximum Gasteiger partial charge on any atom is 0.318 e. The lowest BCUT2D eigenvalue weighted by Crippen LogP contribution is -2.53. The van der Waals surface area contributed by atoms with Crippen molar-refractivity contribution in [2.24, 2.45) is 5.92 Å². The highest BCUT2D eigenvalue weighted by Gasteiger charge is 2.44. The second-order valence-corrected chi connectivity index (χ2v) is 7.72. The molecular formula is C18H28N6O. The Labute approximate surface area is 149 Å². The molecule has 136 valence electrons. The fourth-order valence-electron chi connectivity index (χ4n) is 4.60. The normalized spacial score (nSPS) is 32.9. The number of urea groups is 1. The average molecular weight is 344 g/mol. The van der Waals surface area contributed by atoms with Crippen LogP contribution in [-0.2, 0) is 0 Å². The number of aromatic nitrogens is 1. The molecule has 2 unspecified atom stereocenters. The van der Waals surface area contributed by atoms with E-state index >= 15 is 0 Å². The molecule has 4 heterocycles. The number of hydrogen-bond acceptors (Lipinski definition) is 5. The first-order valence-electron chi connectivity index (χ1n) is 9.33. The van der Waals surface area contributed by atoms with Gasteiger partial charge < -0.3 is 15.1 Å². The summed E-state index contributed by atoms with van der Waals surface area (Å²) in [6.07, 6.45) is 4.81. The third kappa shape index (κ3) is 3.23. The van der Waals surface area contributed by atoms with Gasteiger partial charge in [-0.1, -0.05) is 6.07 Å². The molecule has 7 nitrogen and oxygen atoms in total. The van der Waals surface area contributed by atoms with Crippen molar-refractivity contribution in [3.63, 3.8) is 0 Å². The zero-order valence-electron chi connectivity index (χ0n) is 15.0. The maximum absolute atomic E-state index is 12.2. The summed E-state index contributed by atoms with van der Waals surface area (Å²) in [7, 11) is 0. The number of carbonyl (C=O) groups is 1. The maximum atomic E-state index is 12.2. The van der Waals surface area contributed by atoms with E-state index in [1.54, 1.807) is 0 Å². The van der Waals surface area contributed by atoms with Gasteiger partial charge in [0, 0.05) is 50.5 Å². The van der Waals surface area contributed by atoms with Gasteiger partial charge in [0.15, 0.2) is 0 Å². The highest BCUT2D eigenvalue weighted by molar-refractivity contribution is 5.78. The Bertz CT molecular complexity index is 609. The quantitative estimate of drug-likeness (QED) is 0.751. The van der Waals surface area contributed by atoms with Crippen molar-refractivity contribution in [1.82, 2.24) is 31.0 Å². The van der Waals surface area contributed by atoms with Gasteiger partial charge in [0.25, 0.3) is 0 Å². The monoisotopic (exact) mass is 344 g/mol. The van der Waals surface area contributed by atoms with Gasteiger partial charge in [0.2, 0.25) is 0 Å². The number of piperidine rings is 1. The zero-order valence-corrected chi connectivity index (χ0v) is 15.0. The molecule has 1 aromatic rings. The first-order chi connectivity index (χ1) is 12.1. The van der Waals surface area contributed by atoms with Gasteiger partial charge in [-0.15, -0.1) is 0 Å². The van der Waals surface area contributed by atoms with E-state index in [2.05, 4.69) is 46.0 Å². The number of rotatable bonds is 4. The molecule has 2 amide bonds. The average Bonchev–Trinajstić information content (AvgIpc) is 3.18. The Kier molecular flexibility index (Phi) is 4.62. The van der Waals surface area contributed by atoms with Crippen LogP contribution in [0.1, 0.15) is 31.9 Å². The zero-order chi connectivity index (χ0) is 17.4. The molecule has 7 heteroatoms. The summed E-state index contributed by atoms with van der Waals surface area (Å²) in [5.74, 6) is 0.499. The molecule has 4 rings (SSSR count). The SMILES string of the molecule is CC(C)N1C(=O)N[C@@H]2CN(CC3CNNC3c3cccnc3)CC[C@@H]21. The van der Waals surface area contributed by atoms with E-state index in [0.29, 0.717) is 12.0 Å². The van der Waals surface area contributed by atoms with Crippen molar-refractivity contribution >= 4 is 6.03 Å². The lowest BCUT2D eigenvalue weighted by molar-refractivity contribution is 0.114. The molecule has 0 saturated carbocycles. The van der Waals surface area contributed by atoms with Crippen LogP contribution in [0.5, 0.6) is 0 Å². The molecule has 0 radical (unpaired) electrons. The fraction of sp³-hybridized carbons (Fsp3) is 0.667. The highest BCUT2D eigenvalue weighted by atomic mass is 16.2. The smallest absolute Gasteiger partial charge is 0.318 e. The van der Waals surface area contributed by atoms with E-state index in [1.165, 1.54) is 5.56 Å². The van der Waals surface area contributed by atoms with Crippen LogP contribution >= 0.6 is 0 Å². The minimum absolute atomic E-state index is 0.101. The number of carbonyl (C=O) groups excluding carboxylic acids is 1. The Morgan fingerprint density at radius 1 is 1.40 bits per heavy atom. The molecule has 0 aliphatic carbocycles. The van der Waals surface area contributed by atoms with Crippen molar-refractivity contribution in [2.45, 2.75) is 44.4 Å². The van der Waals surface area contributed by atoms with E-state index in [1.807, 2.05) is 23.4 Å². The molecule has 1 aromatic heterocycles. The second kappa shape index (κ2) is 6.90. The number of pyridine rings is 1. The first kappa shape index (κ1) is 16.8. The summed E-state index contributed by atoms with van der Waals surface area (Å²) in [5.41, 5.74) is 7.93. The minimum Gasteiger partial charge on any atom is -0.332 e. The van der Waals surface area contributed by atoms with Gasteiger partial charge in [0.05, 0.1) is 18.1 Å². The van der Waals surface area contributed by atoms with Gasteiger partial charge in [-0.05, 0) is 31.9 Å². The predicted molar refractivity (Wildman–Crippen MR) is 95.7 cm³/mol. The molecule has 25 heavy (non-hydrogen) atoms. The lowest BCUT2D eigenvalue weighted by Gasteiger charge is -2.39. The van der Waals surface area contributed by atoms with Crippen LogP contribution in [0.4, 0.5) is 4.79 Å². The van der Waals surface area contributed by atoms with Gasteiger partial charge in [-0.2, -0.15) is 0 Å². The van der Waals surface area contributed by atoms with Crippen LogP contribution in [0.3, 0.4) is 0 Å². The van der Waals surface area contributed by atoms with Crippen molar-refractivity contribution < 1.29 is 4.79 Å². The number of hydrogen-bond donors (Lipinski definition) is 3. The van der Waals surface area contributed by atoms with Crippen molar-refractivity contribution in [3.8, 4) is 0 Å². The van der Waals surface area contributed by atoms with E-state index in [9.17, 15) is 4.79 Å². The van der Waals surface area contributed by atoms with Crippen molar-refractivity contribution in [2.75, 3.05) is 26.2 Å². The van der Waals surface area contributed by atoms with Crippen LogP contribution in [0.2, 0.25) is 0 Å². The minimum atomic E-state index is 0.101. The third-order valence-corrected chi connectivity index (χ3v) is 5.75. The number of hydrazine groups is 1. The summed E-state index contributed by atoms with van der Waals surface area (Å²) >= 11 is 0. The molecule has 3 saturated heterocycles. The molecule has 0 bridgehead atoms. The van der Waals surface area contributed by atoms with E-state index in [-0.39, 0.29) is 24.2 Å². The van der Waals surface area contributed by atoms with Crippen LogP contribution in [0.15, 0.2) is 24.5 Å². The summed E-state index contributed by atoms with van der Waals surface area (Å²) in [6.45, 7) is 8.17. The first-order valence-corrected chi connectivity index (χ1v) is 9.33. The number of likely N-dealkylation sites (tertiary alicyclic amines) is 1. The van der Waals surface area contributed by atoms with Crippen molar-refractivity contribution in [1.29, 1.82) is 0 Å². The van der Waals surface area contributed by atoms with Crippen LogP contribution in [-0.4, -0.2) is 65.1 Å². The molecule has 0 spiro atoms. The van der Waals surface area contributed by atoms with Crippen LogP contribution in [0, 0.1) is 5.92 Å². The highest BCUT2D eigenvalue weighted by Crippen LogP contribution is 2.29. The number of amides is 2. The Hall–Kier alpha value is -1.70. The molecule has 0 aromatic carbocycles. The Balaban J connectivity index is 1.39. The number of nitrogens with one attached hydrogen (secondary N) is 3. The van der Waals surface area contributed by atoms with Crippen molar-refractivity contribution in [3.05, 3.63) is 30.1 Å². The van der Waals surface area contributed by atoms with Crippen LogP contribution < -0.4 is 16.2 Å². The van der Waals surface area contributed by atoms with E-state index in [0.717, 1.165) is 32.6 Å². The van der Waals surface area contributed by atoms with Gasteiger partial charge in [-0.25, -0.2) is 10.2 Å². The van der Waals surface area contributed by atoms with Crippen LogP contribution in [0.25, 0.3) is 0 Å². The standard InChI is InChI=1S/C18H28N6O/c1-12(2)24-16-5-7-23(11-15(16)21-18(24)25)10-14-9-20-22-17(14)13-4-3-6-19-8-13/h3-4,6,8,12,14-17,20,22H,5,7,9-11H2,1-2H3,(H,21,25)/t14?,15-,16+,17?/m1/s1. The Morgan fingerprint density at radius 3 is 3.04 bits per heavy atom. The molecule has 3 fully saturated rings. The fourth-order valence-corrected chi connectivity index (χ4v) is 4.60. The van der Waals surface area contributed by atoms with Gasteiger partial charge in [0.1, 0.15) is 0 Å². The summed E-state index contributed by atoms with van der Waals surface area (Å²) < 4.78 is 0. The van der Waals surface area contributed by atoms with E-state index in [4.69, 9.17) is 0 Å². The topological polar surface area (TPSA) is 72.5 Å². The lowest BCUT2D eigenvalue weighted by atomic mass is 9.93.